The van der Waals surface area contributed by atoms with E-state index in [1.807, 2.05) is 0 Å². The molecule has 0 amide bonds. The number of aliphatic hydroxyl groups excluding tert-OH is 2. The Morgan fingerprint density at radius 3 is 2.73 bits per heavy atom. The Kier molecular flexibility index (Phi) is 11.8. The van der Waals surface area contributed by atoms with Crippen molar-refractivity contribution >= 4 is 0 Å². The highest BCUT2D eigenvalue weighted by molar-refractivity contribution is 4.58. The summed E-state index contributed by atoms with van der Waals surface area (Å²) in [6.45, 7) is 4.90. The van der Waals surface area contributed by atoms with Crippen LogP contribution in [0.5, 0.6) is 0 Å². The zero-order chi connectivity index (χ0) is 11.4. The standard InChI is InChI=1S/C11H25NO3/c1-2-3-8-15-10-11(14)9-12-6-4-5-7-13/h11-14H,2-10H2,1H3. The van der Waals surface area contributed by atoms with Crippen molar-refractivity contribution in [1.29, 1.82) is 0 Å². The molecule has 0 aliphatic rings. The van der Waals surface area contributed by atoms with Crippen LogP contribution in [0.25, 0.3) is 0 Å². The van der Waals surface area contributed by atoms with Crippen molar-refractivity contribution in [3.05, 3.63) is 0 Å². The summed E-state index contributed by atoms with van der Waals surface area (Å²) >= 11 is 0. The average Bonchev–Trinajstić information content (AvgIpc) is 2.24. The van der Waals surface area contributed by atoms with E-state index in [-0.39, 0.29) is 6.61 Å². The molecule has 0 aromatic rings. The third-order valence-corrected chi connectivity index (χ3v) is 2.09. The molecule has 3 N–H and O–H groups in total. The minimum absolute atomic E-state index is 0.240. The highest BCUT2D eigenvalue weighted by atomic mass is 16.5. The van der Waals surface area contributed by atoms with Crippen molar-refractivity contribution in [1.82, 2.24) is 5.32 Å². The molecular weight excluding hydrogens is 194 g/mol. The molecule has 0 fully saturated rings. The number of hydrogen-bond donors (Lipinski definition) is 3. The fourth-order valence-electron chi connectivity index (χ4n) is 1.16. The van der Waals surface area contributed by atoms with Crippen LogP contribution in [0, 0.1) is 0 Å². The minimum Gasteiger partial charge on any atom is -0.396 e. The Morgan fingerprint density at radius 2 is 2.07 bits per heavy atom. The molecule has 0 heterocycles. The maximum absolute atomic E-state index is 9.47. The van der Waals surface area contributed by atoms with E-state index in [4.69, 9.17) is 9.84 Å². The first-order chi connectivity index (χ1) is 7.31. The van der Waals surface area contributed by atoms with Crippen LogP contribution in [0.3, 0.4) is 0 Å². The van der Waals surface area contributed by atoms with Crippen molar-refractivity contribution in [2.24, 2.45) is 0 Å². The molecule has 92 valence electrons. The highest BCUT2D eigenvalue weighted by Crippen LogP contribution is 1.90. The van der Waals surface area contributed by atoms with Gasteiger partial charge in [0.05, 0.1) is 12.7 Å². The second kappa shape index (κ2) is 11.9. The molecule has 0 spiro atoms. The third kappa shape index (κ3) is 11.8. The van der Waals surface area contributed by atoms with Gasteiger partial charge in [0.2, 0.25) is 0 Å². The van der Waals surface area contributed by atoms with Gasteiger partial charge in [0.1, 0.15) is 0 Å². The predicted molar refractivity (Wildman–Crippen MR) is 60.9 cm³/mol. The van der Waals surface area contributed by atoms with Gasteiger partial charge in [-0.15, -0.1) is 0 Å². The van der Waals surface area contributed by atoms with Crippen molar-refractivity contribution in [3.8, 4) is 0 Å². The van der Waals surface area contributed by atoms with Crippen LogP contribution < -0.4 is 5.32 Å². The number of unbranched alkanes of at least 4 members (excludes halogenated alkanes) is 2. The molecule has 0 saturated carbocycles. The van der Waals surface area contributed by atoms with Crippen LogP contribution >= 0.6 is 0 Å². The first kappa shape index (κ1) is 14.8. The molecule has 4 heteroatoms. The second-order valence-corrected chi connectivity index (χ2v) is 3.72. The van der Waals surface area contributed by atoms with Crippen LogP contribution in [0.4, 0.5) is 0 Å². The third-order valence-electron chi connectivity index (χ3n) is 2.09. The molecule has 0 radical (unpaired) electrons. The molecule has 0 aliphatic carbocycles. The van der Waals surface area contributed by atoms with Crippen LogP contribution in [-0.4, -0.2) is 49.2 Å². The van der Waals surface area contributed by atoms with Crippen molar-refractivity contribution < 1.29 is 14.9 Å². The Bertz CT molecular complexity index is 122. The summed E-state index contributed by atoms with van der Waals surface area (Å²) in [5, 5.41) is 21.1. The van der Waals surface area contributed by atoms with Crippen LogP contribution in [0.1, 0.15) is 32.6 Å². The monoisotopic (exact) mass is 219 g/mol. The number of rotatable bonds is 11. The van der Waals surface area contributed by atoms with Crippen LogP contribution in [0.15, 0.2) is 0 Å². The number of aliphatic hydroxyl groups is 2. The topological polar surface area (TPSA) is 61.7 Å². The molecule has 0 aliphatic heterocycles. The van der Waals surface area contributed by atoms with E-state index < -0.39 is 6.10 Å². The van der Waals surface area contributed by atoms with Crippen molar-refractivity contribution in [3.63, 3.8) is 0 Å². The lowest BCUT2D eigenvalue weighted by Gasteiger charge is -2.11. The Hall–Kier alpha value is -0.160. The number of ether oxygens (including phenoxy) is 1. The van der Waals surface area contributed by atoms with E-state index >= 15 is 0 Å². The molecule has 4 nitrogen and oxygen atoms in total. The lowest BCUT2D eigenvalue weighted by molar-refractivity contribution is 0.0359. The second-order valence-electron chi connectivity index (χ2n) is 3.72. The maximum atomic E-state index is 9.47. The van der Waals surface area contributed by atoms with Gasteiger partial charge < -0.3 is 20.3 Å². The summed E-state index contributed by atoms with van der Waals surface area (Å²) in [6, 6.07) is 0. The van der Waals surface area contributed by atoms with Gasteiger partial charge >= 0.3 is 0 Å². The van der Waals surface area contributed by atoms with Gasteiger partial charge in [-0.1, -0.05) is 13.3 Å². The predicted octanol–water partition coefficient (Wildman–Crippen LogP) is 0.526. The number of nitrogens with one attached hydrogen (secondary N) is 1. The van der Waals surface area contributed by atoms with Gasteiger partial charge in [0.15, 0.2) is 0 Å². The largest absolute Gasteiger partial charge is 0.396 e. The maximum Gasteiger partial charge on any atom is 0.0897 e. The van der Waals surface area contributed by atoms with E-state index in [0.717, 1.165) is 38.8 Å². The smallest absolute Gasteiger partial charge is 0.0897 e. The first-order valence-corrected chi connectivity index (χ1v) is 5.88. The van der Waals surface area contributed by atoms with Crippen LogP contribution in [0.2, 0.25) is 0 Å². The minimum atomic E-state index is -0.420. The molecule has 0 saturated heterocycles. The lowest BCUT2D eigenvalue weighted by atomic mass is 10.3. The van der Waals surface area contributed by atoms with Gasteiger partial charge in [-0.25, -0.2) is 0 Å². The van der Waals surface area contributed by atoms with Gasteiger partial charge in [-0.3, -0.25) is 0 Å². The summed E-state index contributed by atoms with van der Waals surface area (Å²) < 4.78 is 5.28. The van der Waals surface area contributed by atoms with Crippen molar-refractivity contribution in [2.75, 3.05) is 32.9 Å². The summed E-state index contributed by atoms with van der Waals surface area (Å²) in [7, 11) is 0. The summed E-state index contributed by atoms with van der Waals surface area (Å²) in [5.74, 6) is 0. The van der Waals surface area contributed by atoms with Gasteiger partial charge in [-0.05, 0) is 25.8 Å². The molecule has 1 atom stereocenters. The highest BCUT2D eigenvalue weighted by Gasteiger charge is 2.02. The molecule has 0 bridgehead atoms. The van der Waals surface area contributed by atoms with Gasteiger partial charge in [0, 0.05) is 19.8 Å². The zero-order valence-corrected chi connectivity index (χ0v) is 9.74. The average molecular weight is 219 g/mol. The Balaban J connectivity index is 3.08. The van der Waals surface area contributed by atoms with Crippen LogP contribution in [-0.2, 0) is 4.74 Å². The van der Waals surface area contributed by atoms with E-state index in [2.05, 4.69) is 12.2 Å². The van der Waals surface area contributed by atoms with Crippen molar-refractivity contribution in [2.45, 2.75) is 38.7 Å². The summed E-state index contributed by atoms with van der Waals surface area (Å²) in [4.78, 5) is 0. The molecule has 1 unspecified atom stereocenters. The summed E-state index contributed by atoms with van der Waals surface area (Å²) in [5.41, 5.74) is 0. The Labute approximate surface area is 92.6 Å². The molecular formula is C11H25NO3. The number of hydrogen-bond acceptors (Lipinski definition) is 4. The normalized spacial score (nSPS) is 13.0. The molecule has 0 aromatic carbocycles. The quantitative estimate of drug-likeness (QED) is 0.444. The van der Waals surface area contributed by atoms with E-state index in [1.54, 1.807) is 0 Å². The first-order valence-electron chi connectivity index (χ1n) is 5.88. The SMILES string of the molecule is CCCCOCC(O)CNCCCCO. The van der Waals surface area contributed by atoms with Gasteiger partial charge in [0.25, 0.3) is 0 Å². The Morgan fingerprint density at radius 1 is 1.27 bits per heavy atom. The fourth-order valence-corrected chi connectivity index (χ4v) is 1.16. The fraction of sp³-hybridized carbons (Fsp3) is 1.00. The van der Waals surface area contributed by atoms with E-state index in [1.165, 1.54) is 0 Å². The van der Waals surface area contributed by atoms with E-state index in [9.17, 15) is 5.11 Å². The zero-order valence-electron chi connectivity index (χ0n) is 9.74. The molecule has 15 heavy (non-hydrogen) atoms. The van der Waals surface area contributed by atoms with E-state index in [0.29, 0.717) is 13.2 Å². The van der Waals surface area contributed by atoms with Gasteiger partial charge in [-0.2, -0.15) is 0 Å². The summed E-state index contributed by atoms with van der Waals surface area (Å²) in [6.07, 6.45) is 3.51. The molecule has 0 aromatic heterocycles. The molecule has 0 rings (SSSR count). The lowest BCUT2D eigenvalue weighted by Crippen LogP contribution is -2.31.